The molecule has 2 fully saturated rings. The molecule has 0 spiro atoms. The standard InChI is InChI=1S/C11H20N4O2/c12-14-11(17)4-6-15-5-3-9-8(7-15)1-2-10(16)13-9/h8-9H,1-7,12H2,(H,13,16)(H,14,17). The quantitative estimate of drug-likeness (QED) is 0.334. The average Bonchev–Trinajstić information content (AvgIpc) is 2.35. The van der Waals surface area contributed by atoms with Crippen molar-refractivity contribution in [2.24, 2.45) is 11.8 Å². The molecule has 2 heterocycles. The maximum absolute atomic E-state index is 11.3. The Balaban J connectivity index is 1.78. The van der Waals surface area contributed by atoms with E-state index in [2.05, 4.69) is 15.6 Å². The van der Waals surface area contributed by atoms with Crippen LogP contribution in [-0.2, 0) is 9.59 Å². The lowest BCUT2D eigenvalue weighted by Crippen LogP contribution is -2.54. The Morgan fingerprint density at radius 2 is 2.35 bits per heavy atom. The number of amides is 2. The third-order valence-electron chi connectivity index (χ3n) is 3.72. The molecule has 2 unspecified atom stereocenters. The number of nitrogens with zero attached hydrogens (tertiary/aromatic N) is 1. The van der Waals surface area contributed by atoms with Crippen LogP contribution < -0.4 is 16.6 Å². The van der Waals surface area contributed by atoms with Crippen LogP contribution in [0.3, 0.4) is 0 Å². The molecular weight excluding hydrogens is 220 g/mol. The highest BCUT2D eigenvalue weighted by atomic mass is 16.2. The number of likely N-dealkylation sites (tertiary alicyclic amines) is 1. The summed E-state index contributed by atoms with van der Waals surface area (Å²) in [5, 5.41) is 3.05. The molecule has 96 valence electrons. The van der Waals surface area contributed by atoms with Crippen molar-refractivity contribution in [3.63, 3.8) is 0 Å². The van der Waals surface area contributed by atoms with E-state index in [4.69, 9.17) is 5.84 Å². The zero-order chi connectivity index (χ0) is 12.3. The summed E-state index contributed by atoms with van der Waals surface area (Å²) in [6.45, 7) is 2.67. The molecular formula is C11H20N4O2. The van der Waals surface area contributed by atoms with Gasteiger partial charge in [-0.1, -0.05) is 0 Å². The Kier molecular flexibility index (Phi) is 3.96. The van der Waals surface area contributed by atoms with Crippen molar-refractivity contribution in [1.82, 2.24) is 15.6 Å². The van der Waals surface area contributed by atoms with E-state index in [0.717, 1.165) is 32.5 Å². The van der Waals surface area contributed by atoms with Gasteiger partial charge in [-0.3, -0.25) is 15.0 Å². The van der Waals surface area contributed by atoms with Crippen LogP contribution in [0.25, 0.3) is 0 Å². The van der Waals surface area contributed by atoms with Gasteiger partial charge in [0.15, 0.2) is 0 Å². The highest BCUT2D eigenvalue weighted by molar-refractivity contribution is 5.77. The van der Waals surface area contributed by atoms with E-state index in [0.29, 0.717) is 24.8 Å². The molecule has 0 bridgehead atoms. The topological polar surface area (TPSA) is 87.5 Å². The lowest BCUT2D eigenvalue weighted by Gasteiger charge is -2.41. The number of rotatable bonds is 3. The van der Waals surface area contributed by atoms with Gasteiger partial charge in [0.05, 0.1) is 0 Å². The number of hydrazine groups is 1. The number of piperidine rings is 2. The fraction of sp³-hybridized carbons (Fsp3) is 0.818. The minimum Gasteiger partial charge on any atom is -0.353 e. The van der Waals surface area contributed by atoms with Gasteiger partial charge in [-0.05, 0) is 18.8 Å². The molecule has 2 aliphatic heterocycles. The second-order valence-corrected chi connectivity index (χ2v) is 4.88. The number of nitrogens with one attached hydrogen (secondary N) is 2. The summed E-state index contributed by atoms with van der Waals surface area (Å²) < 4.78 is 0. The van der Waals surface area contributed by atoms with Crippen molar-refractivity contribution < 1.29 is 9.59 Å². The van der Waals surface area contributed by atoms with Crippen LogP contribution in [0, 0.1) is 5.92 Å². The molecule has 2 rings (SSSR count). The van der Waals surface area contributed by atoms with Crippen molar-refractivity contribution in [1.29, 1.82) is 0 Å². The molecule has 17 heavy (non-hydrogen) atoms. The Labute approximate surface area is 101 Å². The SMILES string of the molecule is NNC(=O)CCN1CCC2NC(=O)CCC2C1. The van der Waals surface area contributed by atoms with E-state index in [1.54, 1.807) is 0 Å². The van der Waals surface area contributed by atoms with Crippen LogP contribution >= 0.6 is 0 Å². The summed E-state index contributed by atoms with van der Waals surface area (Å²) in [4.78, 5) is 24.6. The zero-order valence-electron chi connectivity index (χ0n) is 9.95. The summed E-state index contributed by atoms with van der Waals surface area (Å²) in [5.74, 6) is 5.65. The van der Waals surface area contributed by atoms with Crippen LogP contribution in [0.2, 0.25) is 0 Å². The van der Waals surface area contributed by atoms with Crippen LogP contribution in [0.15, 0.2) is 0 Å². The Hall–Kier alpha value is -1.14. The number of carbonyl (C=O) groups is 2. The Bertz CT molecular complexity index is 308. The van der Waals surface area contributed by atoms with E-state index in [1.165, 1.54) is 0 Å². The molecule has 4 N–H and O–H groups in total. The highest BCUT2D eigenvalue weighted by Gasteiger charge is 2.33. The molecule has 0 radical (unpaired) electrons. The third-order valence-corrected chi connectivity index (χ3v) is 3.72. The van der Waals surface area contributed by atoms with Crippen molar-refractivity contribution in [3.8, 4) is 0 Å². The lowest BCUT2D eigenvalue weighted by atomic mass is 9.85. The molecule has 0 aliphatic carbocycles. The molecule has 0 saturated carbocycles. The van der Waals surface area contributed by atoms with Gasteiger partial charge in [0, 0.05) is 38.5 Å². The predicted octanol–water partition coefficient (Wildman–Crippen LogP) is -1.03. The monoisotopic (exact) mass is 240 g/mol. The summed E-state index contributed by atoms with van der Waals surface area (Å²) in [5.41, 5.74) is 2.14. The summed E-state index contributed by atoms with van der Waals surface area (Å²) >= 11 is 0. The molecule has 2 aliphatic rings. The minimum atomic E-state index is -0.121. The van der Waals surface area contributed by atoms with Crippen LogP contribution in [0.5, 0.6) is 0 Å². The number of hydrogen-bond acceptors (Lipinski definition) is 4. The summed E-state index contributed by atoms with van der Waals surface area (Å²) in [7, 11) is 0. The molecule has 2 amide bonds. The van der Waals surface area contributed by atoms with Gasteiger partial charge in [0.2, 0.25) is 11.8 Å². The number of carbonyl (C=O) groups excluding carboxylic acids is 2. The van der Waals surface area contributed by atoms with Crippen LogP contribution in [0.1, 0.15) is 25.7 Å². The van der Waals surface area contributed by atoms with Crippen LogP contribution in [0.4, 0.5) is 0 Å². The average molecular weight is 240 g/mol. The first-order chi connectivity index (χ1) is 8.19. The van der Waals surface area contributed by atoms with E-state index >= 15 is 0 Å². The maximum Gasteiger partial charge on any atom is 0.235 e. The molecule has 6 heteroatoms. The molecule has 0 aromatic carbocycles. The van der Waals surface area contributed by atoms with Gasteiger partial charge in [-0.15, -0.1) is 0 Å². The maximum atomic E-state index is 11.3. The van der Waals surface area contributed by atoms with Gasteiger partial charge < -0.3 is 10.2 Å². The van der Waals surface area contributed by atoms with Crippen molar-refractivity contribution in [3.05, 3.63) is 0 Å². The molecule has 0 aromatic rings. The third kappa shape index (κ3) is 3.17. The zero-order valence-corrected chi connectivity index (χ0v) is 9.95. The first kappa shape index (κ1) is 12.3. The van der Waals surface area contributed by atoms with E-state index < -0.39 is 0 Å². The van der Waals surface area contributed by atoms with Gasteiger partial charge in [0.25, 0.3) is 0 Å². The molecule has 6 nitrogen and oxygen atoms in total. The Morgan fingerprint density at radius 3 is 3.12 bits per heavy atom. The first-order valence-corrected chi connectivity index (χ1v) is 6.20. The highest BCUT2D eigenvalue weighted by Crippen LogP contribution is 2.25. The summed E-state index contributed by atoms with van der Waals surface area (Å²) in [6, 6.07) is 0.343. The second kappa shape index (κ2) is 5.46. The molecule has 2 saturated heterocycles. The van der Waals surface area contributed by atoms with Gasteiger partial charge in [-0.25, -0.2) is 5.84 Å². The van der Waals surface area contributed by atoms with E-state index in [-0.39, 0.29) is 11.8 Å². The van der Waals surface area contributed by atoms with E-state index in [1.807, 2.05) is 0 Å². The number of fused-ring (bicyclic) bond motifs is 1. The normalized spacial score (nSPS) is 29.4. The van der Waals surface area contributed by atoms with E-state index in [9.17, 15) is 9.59 Å². The fourth-order valence-corrected chi connectivity index (χ4v) is 2.72. The second-order valence-electron chi connectivity index (χ2n) is 4.88. The molecule has 0 aromatic heterocycles. The van der Waals surface area contributed by atoms with Crippen LogP contribution in [-0.4, -0.2) is 42.4 Å². The lowest BCUT2D eigenvalue weighted by molar-refractivity contribution is -0.125. The smallest absolute Gasteiger partial charge is 0.235 e. The molecule has 2 atom stereocenters. The summed E-state index contributed by atoms with van der Waals surface area (Å²) in [6.07, 6.45) is 3.04. The largest absolute Gasteiger partial charge is 0.353 e. The van der Waals surface area contributed by atoms with Gasteiger partial charge in [-0.2, -0.15) is 0 Å². The van der Waals surface area contributed by atoms with Gasteiger partial charge in [0.1, 0.15) is 0 Å². The van der Waals surface area contributed by atoms with Gasteiger partial charge >= 0.3 is 0 Å². The first-order valence-electron chi connectivity index (χ1n) is 6.20. The number of nitrogens with two attached hydrogens (primary N) is 1. The predicted molar refractivity (Wildman–Crippen MR) is 62.7 cm³/mol. The van der Waals surface area contributed by atoms with Crippen molar-refractivity contribution >= 4 is 11.8 Å². The minimum absolute atomic E-state index is 0.121. The van der Waals surface area contributed by atoms with Crippen molar-refractivity contribution in [2.75, 3.05) is 19.6 Å². The fourth-order valence-electron chi connectivity index (χ4n) is 2.72. The Morgan fingerprint density at radius 1 is 1.53 bits per heavy atom. The van der Waals surface area contributed by atoms with Crippen molar-refractivity contribution in [2.45, 2.75) is 31.7 Å². The number of hydrogen-bond donors (Lipinski definition) is 3.